The van der Waals surface area contributed by atoms with E-state index in [0.29, 0.717) is 23.2 Å². The van der Waals surface area contributed by atoms with E-state index in [1.54, 1.807) is 6.92 Å². The third-order valence-electron chi connectivity index (χ3n) is 3.16. The average Bonchev–Trinajstić information content (AvgIpc) is 2.21. The summed E-state index contributed by atoms with van der Waals surface area (Å²) in [6.07, 6.45) is 1.09. The summed E-state index contributed by atoms with van der Waals surface area (Å²) < 4.78 is 13.3. The van der Waals surface area contributed by atoms with Gasteiger partial charge in [-0.3, -0.25) is 0 Å². The second-order valence-electron chi connectivity index (χ2n) is 5.25. The monoisotopic (exact) mass is 238 g/mol. The number of aryl methyl sites for hydroxylation is 1. The summed E-state index contributed by atoms with van der Waals surface area (Å²) in [7, 11) is 2.01. The van der Waals surface area contributed by atoms with Gasteiger partial charge in [0.2, 0.25) is 0 Å². The molecule has 0 aliphatic rings. The zero-order valence-electron chi connectivity index (χ0n) is 11.4. The molecule has 17 heavy (non-hydrogen) atoms. The van der Waals surface area contributed by atoms with Gasteiger partial charge in [0.25, 0.3) is 0 Å². The third kappa shape index (κ3) is 3.35. The van der Waals surface area contributed by atoms with Gasteiger partial charge in [-0.25, -0.2) is 4.39 Å². The van der Waals surface area contributed by atoms with Gasteiger partial charge < -0.3 is 10.6 Å². The Morgan fingerprint density at radius 2 is 1.88 bits per heavy atom. The zero-order valence-corrected chi connectivity index (χ0v) is 11.4. The molecule has 0 spiro atoms. The van der Waals surface area contributed by atoms with Gasteiger partial charge in [-0.15, -0.1) is 0 Å². The number of nitrogens with zero attached hydrogens (tertiary/aromatic N) is 1. The lowest BCUT2D eigenvalue weighted by Crippen LogP contribution is -2.30. The van der Waals surface area contributed by atoms with Crippen molar-refractivity contribution >= 4 is 11.4 Å². The van der Waals surface area contributed by atoms with Crippen LogP contribution in [0.15, 0.2) is 12.1 Å². The highest BCUT2D eigenvalue weighted by Gasteiger charge is 2.15. The first-order chi connectivity index (χ1) is 7.82. The molecule has 0 aliphatic heterocycles. The van der Waals surface area contributed by atoms with E-state index >= 15 is 0 Å². The Balaban J connectivity index is 2.95. The van der Waals surface area contributed by atoms with Crippen LogP contribution in [0.2, 0.25) is 0 Å². The molecule has 0 bridgehead atoms. The summed E-state index contributed by atoms with van der Waals surface area (Å²) in [6, 6.07) is 3.62. The van der Waals surface area contributed by atoms with Gasteiger partial charge in [0.1, 0.15) is 5.82 Å². The Morgan fingerprint density at radius 1 is 1.29 bits per heavy atom. The van der Waals surface area contributed by atoms with Crippen molar-refractivity contribution in [3.05, 3.63) is 23.5 Å². The highest BCUT2D eigenvalue weighted by molar-refractivity contribution is 5.68. The van der Waals surface area contributed by atoms with Gasteiger partial charge >= 0.3 is 0 Å². The molecular formula is C14H23FN2. The van der Waals surface area contributed by atoms with E-state index < -0.39 is 0 Å². The fraction of sp³-hybridized carbons (Fsp3) is 0.571. The van der Waals surface area contributed by atoms with Crippen LogP contribution < -0.4 is 10.6 Å². The van der Waals surface area contributed by atoms with Crippen molar-refractivity contribution in [1.29, 1.82) is 0 Å². The molecule has 2 nitrogen and oxygen atoms in total. The number of benzene rings is 1. The molecule has 0 amide bonds. The molecule has 0 heterocycles. The van der Waals surface area contributed by atoms with E-state index in [1.807, 2.05) is 13.1 Å². The molecule has 0 aromatic heterocycles. The Labute approximate surface area is 104 Å². The van der Waals surface area contributed by atoms with Crippen LogP contribution in [0.3, 0.4) is 0 Å². The minimum Gasteiger partial charge on any atom is -0.397 e. The maximum Gasteiger partial charge on any atom is 0.128 e. The molecular weight excluding hydrogens is 215 g/mol. The molecule has 1 aromatic carbocycles. The smallest absolute Gasteiger partial charge is 0.128 e. The van der Waals surface area contributed by atoms with E-state index in [4.69, 9.17) is 5.73 Å². The van der Waals surface area contributed by atoms with Gasteiger partial charge in [0.15, 0.2) is 0 Å². The number of halogens is 1. The molecule has 1 rings (SSSR count). The normalized spacial score (nSPS) is 12.9. The van der Waals surface area contributed by atoms with Crippen molar-refractivity contribution in [2.45, 2.75) is 40.2 Å². The van der Waals surface area contributed by atoms with Crippen molar-refractivity contribution in [2.75, 3.05) is 17.7 Å². The van der Waals surface area contributed by atoms with Crippen molar-refractivity contribution in [2.24, 2.45) is 5.92 Å². The number of nitrogen functional groups attached to an aromatic ring is 1. The molecule has 1 aromatic rings. The number of rotatable bonds is 4. The number of anilines is 2. The van der Waals surface area contributed by atoms with Gasteiger partial charge in [0.05, 0.1) is 11.4 Å². The lowest BCUT2D eigenvalue weighted by atomic mass is 10.0. The van der Waals surface area contributed by atoms with E-state index in [-0.39, 0.29) is 5.82 Å². The molecule has 96 valence electrons. The molecule has 0 saturated carbocycles. The summed E-state index contributed by atoms with van der Waals surface area (Å²) in [4.78, 5) is 2.13. The Hall–Kier alpha value is -1.25. The van der Waals surface area contributed by atoms with E-state index in [9.17, 15) is 4.39 Å². The highest BCUT2D eigenvalue weighted by Crippen LogP contribution is 2.28. The summed E-state index contributed by atoms with van der Waals surface area (Å²) in [5.41, 5.74) is 7.93. The molecule has 1 atom stereocenters. The predicted octanol–water partition coefficient (Wildman–Crippen LogP) is 3.59. The SMILES string of the molecule is Cc1cc(N(C)C(C)CC(C)C)c(N)cc1F. The first-order valence-electron chi connectivity index (χ1n) is 6.11. The Bertz CT molecular complexity index is 388. The van der Waals surface area contributed by atoms with Crippen LogP contribution in [0.25, 0.3) is 0 Å². The summed E-state index contributed by atoms with van der Waals surface area (Å²) in [5, 5.41) is 0. The Kier molecular flexibility index (Phi) is 4.38. The standard InChI is InChI=1S/C14H23FN2/c1-9(2)6-11(4)17(5)14-7-10(3)12(15)8-13(14)16/h7-9,11H,6,16H2,1-5H3. The number of hydrogen-bond donors (Lipinski definition) is 1. The van der Waals surface area contributed by atoms with Gasteiger partial charge in [-0.2, -0.15) is 0 Å². The number of nitrogens with two attached hydrogens (primary N) is 1. The van der Waals surface area contributed by atoms with Crippen LogP contribution in [0.1, 0.15) is 32.8 Å². The second-order valence-corrected chi connectivity index (χ2v) is 5.25. The third-order valence-corrected chi connectivity index (χ3v) is 3.16. The second kappa shape index (κ2) is 5.39. The maximum atomic E-state index is 13.3. The van der Waals surface area contributed by atoms with Crippen molar-refractivity contribution in [3.8, 4) is 0 Å². The molecule has 3 heteroatoms. The van der Waals surface area contributed by atoms with Crippen molar-refractivity contribution in [3.63, 3.8) is 0 Å². The van der Waals surface area contributed by atoms with E-state index in [1.165, 1.54) is 6.07 Å². The first-order valence-corrected chi connectivity index (χ1v) is 6.11. The first kappa shape index (κ1) is 13.8. The molecule has 0 aliphatic carbocycles. The molecule has 1 unspecified atom stereocenters. The molecule has 0 radical (unpaired) electrons. The van der Waals surface area contributed by atoms with Crippen LogP contribution in [0.5, 0.6) is 0 Å². The van der Waals surface area contributed by atoms with Crippen molar-refractivity contribution < 1.29 is 4.39 Å². The minimum atomic E-state index is -0.240. The largest absolute Gasteiger partial charge is 0.397 e. The van der Waals surface area contributed by atoms with Crippen LogP contribution >= 0.6 is 0 Å². The summed E-state index contributed by atoms with van der Waals surface area (Å²) >= 11 is 0. The maximum absolute atomic E-state index is 13.3. The lowest BCUT2D eigenvalue weighted by Gasteiger charge is -2.29. The fourth-order valence-electron chi connectivity index (χ4n) is 2.06. The summed E-state index contributed by atoms with van der Waals surface area (Å²) in [5.74, 6) is 0.395. The van der Waals surface area contributed by atoms with Gasteiger partial charge in [-0.05, 0) is 43.9 Å². The zero-order chi connectivity index (χ0) is 13.2. The van der Waals surface area contributed by atoms with E-state index in [0.717, 1.165) is 12.1 Å². The van der Waals surface area contributed by atoms with E-state index in [2.05, 4.69) is 25.7 Å². The fourth-order valence-corrected chi connectivity index (χ4v) is 2.06. The predicted molar refractivity (Wildman–Crippen MR) is 72.9 cm³/mol. The molecule has 2 N–H and O–H groups in total. The molecule has 0 fully saturated rings. The van der Waals surface area contributed by atoms with Crippen LogP contribution in [-0.4, -0.2) is 13.1 Å². The van der Waals surface area contributed by atoms with Crippen molar-refractivity contribution in [1.82, 2.24) is 0 Å². The van der Waals surface area contributed by atoms with Gasteiger partial charge in [-0.1, -0.05) is 13.8 Å². The number of hydrogen-bond acceptors (Lipinski definition) is 2. The van der Waals surface area contributed by atoms with Gasteiger partial charge in [0, 0.05) is 13.1 Å². The van der Waals surface area contributed by atoms with Crippen LogP contribution in [0, 0.1) is 18.7 Å². The lowest BCUT2D eigenvalue weighted by molar-refractivity contribution is 0.504. The molecule has 0 saturated heterocycles. The average molecular weight is 238 g/mol. The highest BCUT2D eigenvalue weighted by atomic mass is 19.1. The topological polar surface area (TPSA) is 29.3 Å². The van der Waals surface area contributed by atoms with Crippen LogP contribution in [0.4, 0.5) is 15.8 Å². The Morgan fingerprint density at radius 3 is 2.41 bits per heavy atom. The quantitative estimate of drug-likeness (QED) is 0.812. The minimum absolute atomic E-state index is 0.240. The summed E-state index contributed by atoms with van der Waals surface area (Å²) in [6.45, 7) is 8.32. The van der Waals surface area contributed by atoms with Crippen LogP contribution in [-0.2, 0) is 0 Å².